The SMILES string of the molecule is NCc1nc(C(=O)NCC2(c3ccc(Cl)cc3)CC2)cs1. The summed E-state index contributed by atoms with van der Waals surface area (Å²) in [5.41, 5.74) is 7.25. The Labute approximate surface area is 132 Å². The Balaban J connectivity index is 1.64. The molecule has 0 spiro atoms. The number of halogens is 1. The molecule has 6 heteroatoms. The molecule has 2 aromatic rings. The van der Waals surface area contributed by atoms with Crippen molar-refractivity contribution in [2.75, 3.05) is 6.54 Å². The summed E-state index contributed by atoms with van der Waals surface area (Å²) in [5.74, 6) is -0.133. The van der Waals surface area contributed by atoms with Crippen LogP contribution < -0.4 is 11.1 Å². The highest BCUT2D eigenvalue weighted by Gasteiger charge is 2.44. The van der Waals surface area contributed by atoms with E-state index in [4.69, 9.17) is 17.3 Å². The Morgan fingerprint density at radius 3 is 2.67 bits per heavy atom. The number of nitrogens with two attached hydrogens (primary N) is 1. The normalized spacial score (nSPS) is 15.7. The average molecular weight is 322 g/mol. The topological polar surface area (TPSA) is 68.0 Å². The van der Waals surface area contributed by atoms with Crippen molar-refractivity contribution < 1.29 is 4.79 Å². The molecule has 0 atom stereocenters. The highest BCUT2D eigenvalue weighted by Crippen LogP contribution is 2.47. The van der Waals surface area contributed by atoms with Crippen LogP contribution in [-0.4, -0.2) is 17.4 Å². The van der Waals surface area contributed by atoms with E-state index in [2.05, 4.69) is 10.3 Å². The molecule has 1 aliphatic carbocycles. The molecule has 1 aliphatic rings. The largest absolute Gasteiger partial charge is 0.350 e. The van der Waals surface area contributed by atoms with E-state index in [9.17, 15) is 4.79 Å². The van der Waals surface area contributed by atoms with Crippen molar-refractivity contribution in [1.82, 2.24) is 10.3 Å². The lowest BCUT2D eigenvalue weighted by molar-refractivity contribution is 0.0945. The van der Waals surface area contributed by atoms with Crippen molar-refractivity contribution in [3.8, 4) is 0 Å². The molecule has 0 saturated heterocycles. The summed E-state index contributed by atoms with van der Waals surface area (Å²) < 4.78 is 0. The molecule has 1 heterocycles. The standard InChI is InChI=1S/C15H16ClN3OS/c16-11-3-1-10(2-4-11)15(5-6-15)9-18-14(20)12-8-21-13(7-17)19-12/h1-4,8H,5-7,9,17H2,(H,18,20). The van der Waals surface area contributed by atoms with Gasteiger partial charge in [0.1, 0.15) is 10.7 Å². The third-order valence-electron chi connectivity index (χ3n) is 3.86. The molecular formula is C15H16ClN3OS. The van der Waals surface area contributed by atoms with Crippen LogP contribution in [0.5, 0.6) is 0 Å². The van der Waals surface area contributed by atoms with Crippen molar-refractivity contribution in [3.05, 3.63) is 50.9 Å². The van der Waals surface area contributed by atoms with E-state index >= 15 is 0 Å². The first-order valence-electron chi connectivity index (χ1n) is 6.82. The van der Waals surface area contributed by atoms with Crippen LogP contribution in [0.25, 0.3) is 0 Å². The Morgan fingerprint density at radius 2 is 2.10 bits per heavy atom. The second-order valence-electron chi connectivity index (χ2n) is 5.30. The van der Waals surface area contributed by atoms with Gasteiger partial charge < -0.3 is 11.1 Å². The van der Waals surface area contributed by atoms with Crippen LogP contribution in [0.1, 0.15) is 33.9 Å². The Bertz CT molecular complexity index is 649. The van der Waals surface area contributed by atoms with E-state index in [0.717, 1.165) is 22.9 Å². The molecule has 1 aromatic carbocycles. The van der Waals surface area contributed by atoms with Crippen LogP contribution >= 0.6 is 22.9 Å². The second-order valence-corrected chi connectivity index (χ2v) is 6.68. The first kappa shape index (κ1) is 14.5. The van der Waals surface area contributed by atoms with Crippen molar-refractivity contribution in [2.24, 2.45) is 5.73 Å². The molecule has 3 rings (SSSR count). The molecule has 0 aliphatic heterocycles. The van der Waals surface area contributed by atoms with Crippen LogP contribution in [-0.2, 0) is 12.0 Å². The van der Waals surface area contributed by atoms with Gasteiger partial charge in [-0.3, -0.25) is 4.79 Å². The number of carbonyl (C=O) groups is 1. The zero-order chi connectivity index (χ0) is 14.9. The Morgan fingerprint density at radius 1 is 1.38 bits per heavy atom. The van der Waals surface area contributed by atoms with Gasteiger partial charge in [0.25, 0.3) is 5.91 Å². The minimum Gasteiger partial charge on any atom is -0.350 e. The van der Waals surface area contributed by atoms with Crippen molar-refractivity contribution in [1.29, 1.82) is 0 Å². The molecule has 0 bridgehead atoms. The molecular weight excluding hydrogens is 306 g/mol. The number of rotatable bonds is 5. The van der Waals surface area contributed by atoms with Gasteiger partial charge in [0.05, 0.1) is 0 Å². The Hall–Kier alpha value is -1.43. The van der Waals surface area contributed by atoms with E-state index in [1.165, 1.54) is 16.9 Å². The van der Waals surface area contributed by atoms with Crippen LogP contribution in [0.3, 0.4) is 0 Å². The summed E-state index contributed by atoms with van der Waals surface area (Å²) in [7, 11) is 0. The van der Waals surface area contributed by atoms with Gasteiger partial charge in [0.15, 0.2) is 0 Å². The molecule has 21 heavy (non-hydrogen) atoms. The predicted molar refractivity (Wildman–Crippen MR) is 84.7 cm³/mol. The minimum atomic E-state index is -0.133. The maximum Gasteiger partial charge on any atom is 0.270 e. The number of nitrogens with zero attached hydrogens (tertiary/aromatic N) is 1. The van der Waals surface area contributed by atoms with Gasteiger partial charge in [-0.05, 0) is 30.5 Å². The maximum atomic E-state index is 12.1. The predicted octanol–water partition coefficient (Wildman–Crippen LogP) is 2.72. The zero-order valence-corrected chi connectivity index (χ0v) is 13.0. The van der Waals surface area contributed by atoms with Crippen LogP contribution in [0.4, 0.5) is 0 Å². The second kappa shape index (κ2) is 5.75. The smallest absolute Gasteiger partial charge is 0.270 e. The summed E-state index contributed by atoms with van der Waals surface area (Å²) >= 11 is 7.33. The lowest BCUT2D eigenvalue weighted by Gasteiger charge is -2.16. The maximum absolute atomic E-state index is 12.1. The van der Waals surface area contributed by atoms with Gasteiger partial charge in [-0.1, -0.05) is 23.7 Å². The quantitative estimate of drug-likeness (QED) is 0.889. The number of benzene rings is 1. The number of carbonyl (C=O) groups excluding carboxylic acids is 1. The molecule has 110 valence electrons. The summed E-state index contributed by atoms with van der Waals surface area (Å²) in [5, 5.41) is 6.24. The van der Waals surface area contributed by atoms with Gasteiger partial charge in [-0.15, -0.1) is 11.3 Å². The van der Waals surface area contributed by atoms with Crippen LogP contribution in [0.2, 0.25) is 5.02 Å². The fraction of sp³-hybridized carbons (Fsp3) is 0.333. The van der Waals surface area contributed by atoms with E-state index in [0.29, 0.717) is 18.8 Å². The van der Waals surface area contributed by atoms with Crippen molar-refractivity contribution in [2.45, 2.75) is 24.8 Å². The van der Waals surface area contributed by atoms with E-state index < -0.39 is 0 Å². The van der Waals surface area contributed by atoms with Gasteiger partial charge in [-0.2, -0.15) is 0 Å². The number of amides is 1. The number of thiazole rings is 1. The average Bonchev–Trinajstić information content (AvgIpc) is 3.13. The lowest BCUT2D eigenvalue weighted by atomic mass is 9.96. The third-order valence-corrected chi connectivity index (χ3v) is 4.98. The van der Waals surface area contributed by atoms with Crippen molar-refractivity contribution in [3.63, 3.8) is 0 Å². The van der Waals surface area contributed by atoms with Crippen LogP contribution in [0, 0.1) is 0 Å². The summed E-state index contributed by atoms with van der Waals surface area (Å²) in [6.07, 6.45) is 2.17. The molecule has 1 amide bonds. The van der Waals surface area contributed by atoms with E-state index in [1.54, 1.807) is 5.38 Å². The van der Waals surface area contributed by atoms with Gasteiger partial charge >= 0.3 is 0 Å². The van der Waals surface area contributed by atoms with Crippen LogP contribution in [0.15, 0.2) is 29.6 Å². The fourth-order valence-corrected chi connectivity index (χ4v) is 3.15. The zero-order valence-electron chi connectivity index (χ0n) is 11.4. The van der Waals surface area contributed by atoms with Gasteiger partial charge in [-0.25, -0.2) is 4.98 Å². The third kappa shape index (κ3) is 3.10. The number of hydrogen-bond donors (Lipinski definition) is 2. The monoisotopic (exact) mass is 321 g/mol. The summed E-state index contributed by atoms with van der Waals surface area (Å²) in [6.45, 7) is 0.996. The molecule has 4 nitrogen and oxygen atoms in total. The minimum absolute atomic E-state index is 0.0625. The number of nitrogens with one attached hydrogen (secondary N) is 1. The van der Waals surface area contributed by atoms with Gasteiger partial charge in [0, 0.05) is 28.9 Å². The molecule has 1 aromatic heterocycles. The highest BCUT2D eigenvalue weighted by atomic mass is 35.5. The summed E-state index contributed by atoms with van der Waals surface area (Å²) in [6, 6.07) is 7.87. The molecule has 1 saturated carbocycles. The molecule has 0 unspecified atom stereocenters. The lowest BCUT2D eigenvalue weighted by Crippen LogP contribution is -2.32. The molecule has 3 N–H and O–H groups in total. The van der Waals surface area contributed by atoms with E-state index in [1.807, 2.05) is 24.3 Å². The number of hydrogen-bond acceptors (Lipinski definition) is 4. The number of aromatic nitrogens is 1. The summed E-state index contributed by atoms with van der Waals surface area (Å²) in [4.78, 5) is 16.3. The first-order valence-corrected chi connectivity index (χ1v) is 8.07. The van der Waals surface area contributed by atoms with Gasteiger partial charge in [0.2, 0.25) is 0 Å². The molecule has 0 radical (unpaired) electrons. The first-order chi connectivity index (χ1) is 10.1. The highest BCUT2D eigenvalue weighted by molar-refractivity contribution is 7.09. The van der Waals surface area contributed by atoms with Crippen molar-refractivity contribution >= 4 is 28.8 Å². The molecule has 1 fully saturated rings. The van der Waals surface area contributed by atoms with E-state index in [-0.39, 0.29) is 11.3 Å². The fourth-order valence-electron chi connectivity index (χ4n) is 2.37. The Kier molecular flexibility index (Phi) is 3.97.